The molecule has 0 aliphatic heterocycles. The maximum atomic E-state index is 12.4. The van der Waals surface area contributed by atoms with Crippen LogP contribution < -0.4 is 9.47 Å². The highest BCUT2D eigenvalue weighted by Gasteiger charge is 2.33. The molecule has 2 aromatic rings. The van der Waals surface area contributed by atoms with E-state index in [-0.39, 0.29) is 23.8 Å². The second-order valence-electron chi connectivity index (χ2n) is 6.31. The fourth-order valence-electron chi connectivity index (χ4n) is 3.02. The average molecular weight is 393 g/mol. The number of benzene rings is 2. The minimum atomic E-state index is -0.323. The lowest BCUT2D eigenvalue weighted by Crippen LogP contribution is -2.31. The molecule has 4 nitrogen and oxygen atoms in total. The van der Waals surface area contributed by atoms with Crippen LogP contribution in [0.3, 0.4) is 0 Å². The van der Waals surface area contributed by atoms with Crippen LogP contribution in [0.1, 0.15) is 25.7 Å². The Morgan fingerprint density at radius 1 is 0.731 bits per heavy atom. The third-order valence-electron chi connectivity index (χ3n) is 4.41. The van der Waals surface area contributed by atoms with Crippen molar-refractivity contribution in [2.75, 3.05) is 0 Å². The second-order valence-corrected chi connectivity index (χ2v) is 7.18. The van der Waals surface area contributed by atoms with Gasteiger partial charge in [-0.2, -0.15) is 0 Å². The van der Waals surface area contributed by atoms with Crippen molar-refractivity contribution < 1.29 is 19.1 Å². The van der Waals surface area contributed by atoms with E-state index in [1.54, 1.807) is 48.5 Å². The van der Waals surface area contributed by atoms with Crippen molar-refractivity contribution in [1.29, 1.82) is 0 Å². The molecule has 2 aromatic carbocycles. The van der Waals surface area contributed by atoms with E-state index in [1.807, 2.05) is 0 Å². The Kier molecular flexibility index (Phi) is 6.17. The van der Waals surface area contributed by atoms with Crippen LogP contribution in [-0.2, 0) is 9.59 Å². The predicted molar refractivity (Wildman–Crippen MR) is 99.6 cm³/mol. The molecule has 0 unspecified atom stereocenters. The highest BCUT2D eigenvalue weighted by molar-refractivity contribution is 6.30. The molecule has 6 heteroatoms. The molecule has 0 radical (unpaired) electrons. The van der Waals surface area contributed by atoms with E-state index in [0.717, 1.165) is 6.42 Å². The summed E-state index contributed by atoms with van der Waals surface area (Å²) in [5.74, 6) is -0.382. The van der Waals surface area contributed by atoms with Gasteiger partial charge >= 0.3 is 11.9 Å². The Morgan fingerprint density at radius 3 is 1.50 bits per heavy atom. The summed E-state index contributed by atoms with van der Waals surface area (Å²) in [6, 6.07) is 13.2. The minimum absolute atomic E-state index is 0.317. The Balaban J connectivity index is 1.57. The highest BCUT2D eigenvalue weighted by atomic mass is 35.5. The Bertz CT molecular complexity index is 706. The first kappa shape index (κ1) is 18.7. The van der Waals surface area contributed by atoms with Gasteiger partial charge in [0.05, 0.1) is 11.8 Å². The summed E-state index contributed by atoms with van der Waals surface area (Å²) < 4.78 is 10.8. The monoisotopic (exact) mass is 392 g/mol. The molecule has 0 aromatic heterocycles. The standard InChI is InChI=1S/C20H18Cl2O4/c21-15-4-8-17(9-5-15)25-19(23)13-2-1-3-14(12-13)20(24)26-18-10-6-16(22)7-11-18/h4-11,13-14H,1-3,12H2/t13-,14+. The molecule has 0 N–H and O–H groups in total. The SMILES string of the molecule is O=C(Oc1ccc(Cl)cc1)[C@@H]1CCC[C@H](C(=O)Oc2ccc(Cl)cc2)C1. The molecular weight excluding hydrogens is 375 g/mol. The van der Waals surface area contributed by atoms with E-state index in [2.05, 4.69) is 0 Å². The Hall–Kier alpha value is -2.04. The highest BCUT2D eigenvalue weighted by Crippen LogP contribution is 2.32. The molecule has 0 saturated heterocycles. The molecule has 26 heavy (non-hydrogen) atoms. The first-order valence-corrected chi connectivity index (χ1v) is 9.21. The van der Waals surface area contributed by atoms with Crippen LogP contribution in [-0.4, -0.2) is 11.9 Å². The van der Waals surface area contributed by atoms with Crippen molar-refractivity contribution in [3.63, 3.8) is 0 Å². The number of esters is 2. The fraction of sp³-hybridized carbons (Fsp3) is 0.300. The van der Waals surface area contributed by atoms with Gasteiger partial charge in [0.2, 0.25) is 0 Å². The third kappa shape index (κ3) is 4.99. The van der Waals surface area contributed by atoms with E-state index in [1.165, 1.54) is 0 Å². The van der Waals surface area contributed by atoms with Crippen LogP contribution in [0.2, 0.25) is 10.0 Å². The molecule has 0 heterocycles. The number of carbonyl (C=O) groups excluding carboxylic acids is 2. The van der Waals surface area contributed by atoms with Crippen LogP contribution in [0.5, 0.6) is 11.5 Å². The van der Waals surface area contributed by atoms with Crippen molar-refractivity contribution in [3.05, 3.63) is 58.6 Å². The number of hydrogen-bond donors (Lipinski definition) is 0. The molecule has 0 bridgehead atoms. The molecule has 136 valence electrons. The average Bonchev–Trinajstić information content (AvgIpc) is 2.65. The number of hydrogen-bond acceptors (Lipinski definition) is 4. The van der Waals surface area contributed by atoms with Crippen molar-refractivity contribution >= 4 is 35.1 Å². The van der Waals surface area contributed by atoms with Gasteiger partial charge in [-0.1, -0.05) is 29.6 Å². The summed E-state index contributed by atoms with van der Waals surface area (Å²) in [4.78, 5) is 24.8. The zero-order valence-electron chi connectivity index (χ0n) is 14.0. The zero-order chi connectivity index (χ0) is 18.5. The smallest absolute Gasteiger partial charge is 0.314 e. The summed E-state index contributed by atoms with van der Waals surface area (Å²) in [6.45, 7) is 0. The third-order valence-corrected chi connectivity index (χ3v) is 4.91. The molecular formula is C20H18Cl2O4. The molecule has 1 fully saturated rings. The molecule has 0 amide bonds. The van der Waals surface area contributed by atoms with Crippen molar-refractivity contribution in [2.45, 2.75) is 25.7 Å². The quantitative estimate of drug-likeness (QED) is 0.522. The number of ether oxygens (including phenoxy) is 2. The van der Waals surface area contributed by atoms with Gasteiger partial charge in [0.25, 0.3) is 0 Å². The van der Waals surface area contributed by atoms with Gasteiger partial charge in [-0.15, -0.1) is 0 Å². The van der Waals surface area contributed by atoms with Crippen LogP contribution in [0.15, 0.2) is 48.5 Å². The molecule has 2 atom stereocenters. The van der Waals surface area contributed by atoms with Crippen LogP contribution in [0.25, 0.3) is 0 Å². The summed E-state index contributed by atoms with van der Waals surface area (Å²) in [7, 11) is 0. The van der Waals surface area contributed by atoms with Gasteiger partial charge in [-0.05, 0) is 67.8 Å². The van der Waals surface area contributed by atoms with E-state index < -0.39 is 0 Å². The summed E-state index contributed by atoms with van der Waals surface area (Å²) in [6.07, 6.45) is 2.62. The van der Waals surface area contributed by atoms with Gasteiger partial charge in [0.15, 0.2) is 0 Å². The Morgan fingerprint density at radius 2 is 1.12 bits per heavy atom. The lowest BCUT2D eigenvalue weighted by molar-refractivity contribution is -0.144. The van der Waals surface area contributed by atoms with Crippen molar-refractivity contribution in [2.24, 2.45) is 11.8 Å². The summed E-state index contributed by atoms with van der Waals surface area (Å²) in [5, 5.41) is 1.15. The summed E-state index contributed by atoms with van der Waals surface area (Å²) in [5.41, 5.74) is 0. The first-order valence-electron chi connectivity index (χ1n) is 8.46. The van der Waals surface area contributed by atoms with Crippen LogP contribution >= 0.6 is 23.2 Å². The summed E-state index contributed by atoms with van der Waals surface area (Å²) >= 11 is 11.7. The van der Waals surface area contributed by atoms with E-state index in [4.69, 9.17) is 32.7 Å². The number of carbonyl (C=O) groups is 2. The fourth-order valence-corrected chi connectivity index (χ4v) is 3.27. The lowest BCUT2D eigenvalue weighted by atomic mass is 9.81. The minimum Gasteiger partial charge on any atom is -0.426 e. The molecule has 1 aliphatic rings. The maximum absolute atomic E-state index is 12.4. The van der Waals surface area contributed by atoms with E-state index >= 15 is 0 Å². The van der Waals surface area contributed by atoms with Gasteiger partial charge in [-0.25, -0.2) is 0 Å². The molecule has 3 rings (SSSR count). The van der Waals surface area contributed by atoms with E-state index in [0.29, 0.717) is 40.8 Å². The molecule has 1 saturated carbocycles. The largest absolute Gasteiger partial charge is 0.426 e. The number of halogens is 2. The molecule has 0 spiro atoms. The van der Waals surface area contributed by atoms with Gasteiger partial charge in [0.1, 0.15) is 11.5 Å². The first-order chi connectivity index (χ1) is 12.5. The van der Waals surface area contributed by atoms with Gasteiger partial charge in [0, 0.05) is 10.0 Å². The van der Waals surface area contributed by atoms with Crippen molar-refractivity contribution in [3.8, 4) is 11.5 Å². The van der Waals surface area contributed by atoms with Crippen molar-refractivity contribution in [1.82, 2.24) is 0 Å². The van der Waals surface area contributed by atoms with Crippen LogP contribution in [0, 0.1) is 11.8 Å². The van der Waals surface area contributed by atoms with Crippen LogP contribution in [0.4, 0.5) is 0 Å². The maximum Gasteiger partial charge on any atom is 0.314 e. The van der Waals surface area contributed by atoms with E-state index in [9.17, 15) is 9.59 Å². The van der Waals surface area contributed by atoms with Gasteiger partial charge in [-0.3, -0.25) is 9.59 Å². The second kappa shape index (κ2) is 8.56. The predicted octanol–water partition coefficient (Wildman–Crippen LogP) is 5.31. The topological polar surface area (TPSA) is 52.6 Å². The Labute approximate surface area is 162 Å². The van der Waals surface area contributed by atoms with Gasteiger partial charge < -0.3 is 9.47 Å². The molecule has 1 aliphatic carbocycles. The normalized spacial score (nSPS) is 19.6. The lowest BCUT2D eigenvalue weighted by Gasteiger charge is -2.26. The zero-order valence-corrected chi connectivity index (χ0v) is 15.5. The number of rotatable bonds is 4.